The molecule has 0 fully saturated rings. The zero-order valence-electron chi connectivity index (χ0n) is 17.7. The fourth-order valence-corrected chi connectivity index (χ4v) is 2.90. The summed E-state index contributed by atoms with van der Waals surface area (Å²) in [4.78, 5) is 24.6. The Morgan fingerprint density at radius 2 is 1.19 bits per heavy atom. The van der Waals surface area contributed by atoms with Crippen LogP contribution in [-0.2, 0) is 9.59 Å². The van der Waals surface area contributed by atoms with Crippen LogP contribution < -0.4 is 9.47 Å². The molecule has 0 aliphatic heterocycles. The van der Waals surface area contributed by atoms with Crippen LogP contribution in [0.4, 0.5) is 0 Å². The average Bonchev–Trinajstić information content (AvgIpc) is 2.61. The van der Waals surface area contributed by atoms with Gasteiger partial charge in [0.1, 0.15) is 11.5 Å². The number of benzene rings is 1. The molecule has 0 saturated heterocycles. The Hall–Kier alpha value is -1.84. The number of aryl methyl sites for hydroxylation is 1. The number of esters is 2. The van der Waals surface area contributed by atoms with Gasteiger partial charge in [-0.1, -0.05) is 66.2 Å². The fraction of sp³-hybridized carbons (Fsp3) is 0.652. The molecule has 0 amide bonds. The molecule has 27 heavy (non-hydrogen) atoms. The molecule has 4 heteroatoms. The van der Waals surface area contributed by atoms with Gasteiger partial charge in [0, 0.05) is 6.07 Å². The van der Waals surface area contributed by atoms with Gasteiger partial charge < -0.3 is 9.47 Å². The molecule has 0 heterocycles. The number of carbonyl (C=O) groups is 2. The minimum atomic E-state index is -0.234. The molecule has 0 bridgehead atoms. The van der Waals surface area contributed by atoms with E-state index in [-0.39, 0.29) is 23.8 Å². The molecule has 1 aromatic rings. The van der Waals surface area contributed by atoms with E-state index in [2.05, 4.69) is 13.8 Å². The molecular weight excluding hydrogens is 340 g/mol. The Labute approximate surface area is 164 Å². The van der Waals surface area contributed by atoms with Crippen molar-refractivity contribution in [2.75, 3.05) is 0 Å². The standard InChI is InChI=1S/C23H36O4/c1-6-8-10-12-18(4)22(24)26-20-14-17(3)15-21(16-20)27-23(25)19(5)13-11-9-7-2/h14-16,18-19H,6-13H2,1-5H3. The summed E-state index contributed by atoms with van der Waals surface area (Å²) in [7, 11) is 0. The Kier molecular flexibility index (Phi) is 10.8. The zero-order chi connectivity index (χ0) is 20.2. The van der Waals surface area contributed by atoms with E-state index in [9.17, 15) is 9.59 Å². The maximum atomic E-state index is 12.3. The van der Waals surface area contributed by atoms with Crippen LogP contribution in [0.2, 0.25) is 0 Å². The van der Waals surface area contributed by atoms with Crippen molar-refractivity contribution in [3.63, 3.8) is 0 Å². The molecule has 0 saturated carbocycles. The van der Waals surface area contributed by atoms with Crippen molar-refractivity contribution in [1.82, 2.24) is 0 Å². The summed E-state index contributed by atoms with van der Waals surface area (Å²) < 4.78 is 11.0. The minimum absolute atomic E-state index is 0.137. The van der Waals surface area contributed by atoms with E-state index in [4.69, 9.17) is 9.47 Å². The highest BCUT2D eigenvalue weighted by Gasteiger charge is 2.18. The summed E-state index contributed by atoms with van der Waals surface area (Å²) in [6.07, 6.45) is 8.22. The van der Waals surface area contributed by atoms with Crippen LogP contribution in [0.15, 0.2) is 18.2 Å². The quantitative estimate of drug-likeness (QED) is 0.246. The van der Waals surface area contributed by atoms with Gasteiger partial charge in [0.15, 0.2) is 0 Å². The topological polar surface area (TPSA) is 52.6 Å². The number of hydrogen-bond donors (Lipinski definition) is 0. The van der Waals surface area contributed by atoms with Crippen LogP contribution >= 0.6 is 0 Å². The summed E-state index contributed by atoms with van der Waals surface area (Å²) in [6, 6.07) is 5.21. The van der Waals surface area contributed by atoms with Gasteiger partial charge in [-0.15, -0.1) is 0 Å². The number of hydrogen-bond acceptors (Lipinski definition) is 4. The smallest absolute Gasteiger partial charge is 0.314 e. The van der Waals surface area contributed by atoms with Gasteiger partial charge in [-0.05, 0) is 37.5 Å². The lowest BCUT2D eigenvalue weighted by atomic mass is 10.0. The maximum absolute atomic E-state index is 12.3. The predicted molar refractivity (Wildman–Crippen MR) is 109 cm³/mol. The van der Waals surface area contributed by atoms with Crippen LogP contribution in [0.25, 0.3) is 0 Å². The largest absolute Gasteiger partial charge is 0.426 e. The molecule has 0 aliphatic rings. The van der Waals surface area contributed by atoms with Gasteiger partial charge in [-0.3, -0.25) is 9.59 Å². The second-order valence-electron chi connectivity index (χ2n) is 7.62. The highest BCUT2D eigenvalue weighted by molar-refractivity contribution is 5.76. The van der Waals surface area contributed by atoms with Gasteiger partial charge >= 0.3 is 11.9 Å². The second kappa shape index (κ2) is 12.5. The maximum Gasteiger partial charge on any atom is 0.314 e. The summed E-state index contributed by atoms with van der Waals surface area (Å²) in [6.45, 7) is 9.97. The number of ether oxygens (including phenoxy) is 2. The SMILES string of the molecule is CCCCCC(C)C(=O)Oc1cc(C)cc(OC(=O)C(C)CCCCC)c1. The highest BCUT2D eigenvalue weighted by Crippen LogP contribution is 2.25. The van der Waals surface area contributed by atoms with Gasteiger partial charge in [0.05, 0.1) is 11.8 Å². The van der Waals surface area contributed by atoms with Crippen molar-refractivity contribution in [3.8, 4) is 11.5 Å². The molecule has 1 rings (SSSR count). The van der Waals surface area contributed by atoms with Crippen LogP contribution in [0, 0.1) is 18.8 Å². The zero-order valence-corrected chi connectivity index (χ0v) is 17.7. The van der Waals surface area contributed by atoms with Crippen molar-refractivity contribution >= 4 is 11.9 Å². The van der Waals surface area contributed by atoms with Gasteiger partial charge in [-0.2, -0.15) is 0 Å². The Morgan fingerprint density at radius 3 is 1.56 bits per heavy atom. The van der Waals surface area contributed by atoms with E-state index >= 15 is 0 Å². The summed E-state index contributed by atoms with van der Waals surface area (Å²) in [5, 5.41) is 0. The monoisotopic (exact) mass is 376 g/mol. The molecule has 152 valence electrons. The third kappa shape index (κ3) is 9.07. The fourth-order valence-electron chi connectivity index (χ4n) is 2.90. The third-order valence-corrected chi connectivity index (χ3v) is 4.75. The Morgan fingerprint density at radius 1 is 0.778 bits per heavy atom. The summed E-state index contributed by atoms with van der Waals surface area (Å²) >= 11 is 0. The van der Waals surface area contributed by atoms with Gasteiger partial charge in [0.2, 0.25) is 0 Å². The van der Waals surface area contributed by atoms with E-state index in [0.29, 0.717) is 11.5 Å². The lowest BCUT2D eigenvalue weighted by Gasteiger charge is -2.14. The lowest BCUT2D eigenvalue weighted by molar-refractivity contribution is -0.139. The van der Waals surface area contributed by atoms with Gasteiger partial charge in [-0.25, -0.2) is 0 Å². The van der Waals surface area contributed by atoms with Crippen molar-refractivity contribution in [2.24, 2.45) is 11.8 Å². The first-order valence-electron chi connectivity index (χ1n) is 10.4. The molecule has 0 radical (unpaired) electrons. The molecule has 2 unspecified atom stereocenters. The third-order valence-electron chi connectivity index (χ3n) is 4.75. The molecule has 0 aromatic heterocycles. The normalized spacial score (nSPS) is 13.1. The molecule has 1 aromatic carbocycles. The van der Waals surface area contributed by atoms with E-state index in [1.165, 1.54) is 0 Å². The van der Waals surface area contributed by atoms with Crippen LogP contribution in [0.5, 0.6) is 11.5 Å². The first kappa shape index (κ1) is 23.2. The van der Waals surface area contributed by atoms with Crippen molar-refractivity contribution < 1.29 is 19.1 Å². The molecule has 2 atom stereocenters. The van der Waals surface area contributed by atoms with Crippen molar-refractivity contribution in [1.29, 1.82) is 0 Å². The summed E-state index contributed by atoms with van der Waals surface area (Å²) in [5.41, 5.74) is 0.889. The lowest BCUT2D eigenvalue weighted by Crippen LogP contribution is -2.19. The molecular formula is C23H36O4. The van der Waals surface area contributed by atoms with Crippen molar-refractivity contribution in [3.05, 3.63) is 23.8 Å². The summed E-state index contributed by atoms with van der Waals surface area (Å²) in [5.74, 6) is 0.125. The van der Waals surface area contributed by atoms with Crippen molar-refractivity contribution in [2.45, 2.75) is 86.0 Å². The number of unbranched alkanes of at least 4 members (excludes halogenated alkanes) is 4. The van der Waals surface area contributed by atoms with E-state index in [1.54, 1.807) is 18.2 Å². The van der Waals surface area contributed by atoms with Gasteiger partial charge in [0.25, 0.3) is 0 Å². The van der Waals surface area contributed by atoms with E-state index in [0.717, 1.165) is 56.9 Å². The first-order chi connectivity index (χ1) is 12.9. The van der Waals surface area contributed by atoms with E-state index in [1.807, 2.05) is 20.8 Å². The minimum Gasteiger partial charge on any atom is -0.426 e. The molecule has 0 N–H and O–H groups in total. The average molecular weight is 377 g/mol. The number of rotatable bonds is 12. The second-order valence-corrected chi connectivity index (χ2v) is 7.62. The highest BCUT2D eigenvalue weighted by atomic mass is 16.5. The van der Waals surface area contributed by atoms with Crippen LogP contribution in [0.1, 0.15) is 84.6 Å². The number of carbonyl (C=O) groups excluding carboxylic acids is 2. The van der Waals surface area contributed by atoms with Crippen LogP contribution in [0.3, 0.4) is 0 Å². The molecule has 0 aliphatic carbocycles. The molecule has 4 nitrogen and oxygen atoms in total. The van der Waals surface area contributed by atoms with Crippen LogP contribution in [-0.4, -0.2) is 11.9 Å². The molecule has 0 spiro atoms. The predicted octanol–water partition coefficient (Wildman–Crippen LogP) is 6.24. The Bertz CT molecular complexity index is 546. The Balaban J connectivity index is 2.65. The first-order valence-corrected chi connectivity index (χ1v) is 10.4. The van der Waals surface area contributed by atoms with E-state index < -0.39 is 0 Å².